The van der Waals surface area contributed by atoms with Crippen LogP contribution >= 0.6 is 0 Å². The van der Waals surface area contributed by atoms with Gasteiger partial charge >= 0.3 is 0 Å². The molecule has 1 saturated carbocycles. The number of nitrogens with one attached hydrogen (secondary N) is 1. The van der Waals surface area contributed by atoms with E-state index in [1.165, 1.54) is 12.8 Å². The van der Waals surface area contributed by atoms with Crippen LogP contribution in [0, 0.1) is 5.92 Å². The maximum absolute atomic E-state index is 5.77. The molecule has 0 aromatic carbocycles. The summed E-state index contributed by atoms with van der Waals surface area (Å²) >= 11 is 0. The third-order valence-corrected chi connectivity index (χ3v) is 3.70. The Morgan fingerprint density at radius 3 is 2.89 bits per heavy atom. The fourth-order valence-corrected chi connectivity index (χ4v) is 2.20. The maximum atomic E-state index is 5.77. The quantitative estimate of drug-likeness (QED) is 0.773. The molecule has 3 rings (SSSR count). The third kappa shape index (κ3) is 3.13. The van der Waals surface area contributed by atoms with Gasteiger partial charge < -0.3 is 20.7 Å². The van der Waals surface area contributed by atoms with Crippen molar-refractivity contribution >= 4 is 11.8 Å². The van der Waals surface area contributed by atoms with Crippen molar-refractivity contribution in [2.45, 2.75) is 25.5 Å². The van der Waals surface area contributed by atoms with E-state index >= 15 is 0 Å². The van der Waals surface area contributed by atoms with Crippen molar-refractivity contribution in [3.8, 4) is 0 Å². The molecule has 1 aliphatic heterocycles. The highest BCUT2D eigenvalue weighted by molar-refractivity contribution is 5.46. The van der Waals surface area contributed by atoms with Crippen molar-refractivity contribution in [1.82, 2.24) is 15.3 Å². The van der Waals surface area contributed by atoms with Gasteiger partial charge in [0.05, 0.1) is 12.3 Å². The lowest BCUT2D eigenvalue weighted by Crippen LogP contribution is -2.57. The van der Waals surface area contributed by atoms with Crippen LogP contribution in [0.25, 0.3) is 0 Å². The molecule has 6 nitrogen and oxygen atoms in total. The van der Waals surface area contributed by atoms with Gasteiger partial charge in [-0.05, 0) is 25.8 Å². The number of hydrogen-bond acceptors (Lipinski definition) is 6. The minimum Gasteiger partial charge on any atom is -0.375 e. The van der Waals surface area contributed by atoms with Crippen molar-refractivity contribution in [1.29, 1.82) is 0 Å². The van der Waals surface area contributed by atoms with Crippen LogP contribution in [0.1, 0.15) is 18.5 Å². The first-order valence-electron chi connectivity index (χ1n) is 6.88. The number of nitrogens with two attached hydrogens (primary N) is 1. The Bertz CT molecular complexity index is 443. The van der Waals surface area contributed by atoms with Gasteiger partial charge in [-0.25, -0.2) is 4.98 Å². The second-order valence-corrected chi connectivity index (χ2v) is 5.42. The zero-order valence-corrected chi connectivity index (χ0v) is 11.3. The highest BCUT2D eigenvalue weighted by atomic mass is 16.5. The smallest absolute Gasteiger partial charge is 0.222 e. The number of anilines is 2. The molecule has 0 spiro atoms. The number of aromatic nitrogens is 2. The zero-order chi connectivity index (χ0) is 13.2. The molecule has 0 amide bonds. The monoisotopic (exact) mass is 263 g/mol. The summed E-state index contributed by atoms with van der Waals surface area (Å²) in [6.07, 6.45) is 2.60. The predicted octanol–water partition coefficient (Wildman–Crippen LogP) is 0.393. The second-order valence-electron chi connectivity index (χ2n) is 5.42. The van der Waals surface area contributed by atoms with Gasteiger partial charge in [-0.2, -0.15) is 4.98 Å². The number of nitrogens with zero attached hydrogens (tertiary/aromatic N) is 3. The van der Waals surface area contributed by atoms with E-state index in [1.807, 2.05) is 13.1 Å². The Kier molecular flexibility index (Phi) is 3.52. The summed E-state index contributed by atoms with van der Waals surface area (Å²) in [5.41, 5.74) is 6.64. The van der Waals surface area contributed by atoms with Crippen LogP contribution in [0.2, 0.25) is 0 Å². The fourth-order valence-electron chi connectivity index (χ4n) is 2.20. The largest absolute Gasteiger partial charge is 0.375 e. The van der Waals surface area contributed by atoms with Crippen LogP contribution in [0.4, 0.5) is 11.8 Å². The zero-order valence-electron chi connectivity index (χ0n) is 11.3. The van der Waals surface area contributed by atoms with Crippen molar-refractivity contribution in [2.24, 2.45) is 5.92 Å². The van der Waals surface area contributed by atoms with Gasteiger partial charge in [0.25, 0.3) is 0 Å². The Balaban J connectivity index is 1.59. The van der Waals surface area contributed by atoms with Gasteiger partial charge in [-0.1, -0.05) is 0 Å². The first-order chi connectivity index (χ1) is 9.24. The maximum Gasteiger partial charge on any atom is 0.222 e. The topological polar surface area (TPSA) is 76.3 Å². The lowest BCUT2D eigenvalue weighted by Gasteiger charge is -2.40. The fraction of sp³-hybridized carbons (Fsp3) is 0.692. The van der Waals surface area contributed by atoms with Gasteiger partial charge in [0.1, 0.15) is 5.82 Å². The van der Waals surface area contributed by atoms with Crippen molar-refractivity contribution in [3.05, 3.63) is 11.8 Å². The Labute approximate surface area is 113 Å². The number of rotatable bonds is 6. The van der Waals surface area contributed by atoms with Crippen molar-refractivity contribution in [2.75, 3.05) is 37.4 Å². The average molecular weight is 263 g/mol. The second kappa shape index (κ2) is 5.30. The van der Waals surface area contributed by atoms with E-state index in [0.717, 1.165) is 37.1 Å². The SMILES string of the molecule is CNC1CN(c2cc(COCC3CC3)nc(N)n2)C1. The highest BCUT2D eigenvalue weighted by Crippen LogP contribution is 2.29. The summed E-state index contributed by atoms with van der Waals surface area (Å²) in [6, 6.07) is 2.53. The summed E-state index contributed by atoms with van der Waals surface area (Å²) < 4.78 is 5.65. The summed E-state index contributed by atoms with van der Waals surface area (Å²) in [5, 5.41) is 3.24. The van der Waals surface area contributed by atoms with Gasteiger partial charge in [0, 0.05) is 31.8 Å². The molecular formula is C13H21N5O. The Morgan fingerprint density at radius 1 is 1.42 bits per heavy atom. The molecule has 3 N–H and O–H groups in total. The standard InChI is InChI=1S/C13H21N5O/c1-15-11-5-18(6-11)12-4-10(16-13(14)17-12)8-19-7-9-2-3-9/h4,9,11,15H,2-3,5-8H2,1H3,(H2,14,16,17). The van der Waals surface area contributed by atoms with Crippen LogP contribution in [0.15, 0.2) is 6.07 Å². The van der Waals surface area contributed by atoms with Crippen LogP contribution in [-0.2, 0) is 11.3 Å². The van der Waals surface area contributed by atoms with E-state index in [2.05, 4.69) is 20.2 Å². The average Bonchev–Trinajstić information content (AvgIpc) is 3.11. The number of nitrogen functional groups attached to an aromatic ring is 1. The molecule has 1 saturated heterocycles. The van der Waals surface area contributed by atoms with E-state index in [1.54, 1.807) is 0 Å². The number of ether oxygens (including phenoxy) is 1. The van der Waals surface area contributed by atoms with E-state index in [-0.39, 0.29) is 0 Å². The molecule has 0 unspecified atom stereocenters. The normalized spacial score (nSPS) is 19.5. The van der Waals surface area contributed by atoms with E-state index in [0.29, 0.717) is 18.6 Å². The summed E-state index contributed by atoms with van der Waals surface area (Å²) in [6.45, 7) is 3.30. The lowest BCUT2D eigenvalue weighted by molar-refractivity contribution is 0.109. The summed E-state index contributed by atoms with van der Waals surface area (Å²) in [7, 11) is 1.98. The highest BCUT2D eigenvalue weighted by Gasteiger charge is 2.27. The van der Waals surface area contributed by atoms with Gasteiger partial charge in [0.15, 0.2) is 0 Å². The van der Waals surface area contributed by atoms with Crippen LogP contribution in [0.5, 0.6) is 0 Å². The van der Waals surface area contributed by atoms with Crippen LogP contribution in [-0.4, -0.2) is 42.8 Å². The van der Waals surface area contributed by atoms with Crippen molar-refractivity contribution in [3.63, 3.8) is 0 Å². The molecule has 1 aromatic heterocycles. The van der Waals surface area contributed by atoms with E-state index < -0.39 is 0 Å². The molecule has 2 heterocycles. The summed E-state index contributed by atoms with van der Waals surface area (Å²) in [5.74, 6) is 2.00. The molecule has 0 bridgehead atoms. The number of likely N-dealkylation sites (N-methyl/N-ethyl adjacent to an activating group) is 1. The van der Waals surface area contributed by atoms with E-state index in [9.17, 15) is 0 Å². The molecule has 19 heavy (non-hydrogen) atoms. The molecule has 0 radical (unpaired) electrons. The first-order valence-corrected chi connectivity index (χ1v) is 6.88. The van der Waals surface area contributed by atoms with Crippen LogP contribution in [0.3, 0.4) is 0 Å². The number of hydrogen-bond donors (Lipinski definition) is 2. The Morgan fingerprint density at radius 2 is 2.21 bits per heavy atom. The van der Waals surface area contributed by atoms with Gasteiger partial charge in [-0.15, -0.1) is 0 Å². The van der Waals surface area contributed by atoms with E-state index in [4.69, 9.17) is 10.5 Å². The summed E-state index contributed by atoms with van der Waals surface area (Å²) in [4.78, 5) is 10.7. The molecule has 104 valence electrons. The van der Waals surface area contributed by atoms with Crippen LogP contribution < -0.4 is 16.0 Å². The molecule has 1 aromatic rings. The lowest BCUT2D eigenvalue weighted by atomic mass is 10.1. The van der Waals surface area contributed by atoms with Gasteiger partial charge in [-0.3, -0.25) is 0 Å². The molecule has 0 atom stereocenters. The molecule has 1 aliphatic carbocycles. The molecule has 2 aliphatic rings. The minimum absolute atomic E-state index is 0.329. The molecule has 6 heteroatoms. The third-order valence-electron chi connectivity index (χ3n) is 3.70. The molecular weight excluding hydrogens is 242 g/mol. The van der Waals surface area contributed by atoms with Gasteiger partial charge in [0.2, 0.25) is 5.95 Å². The molecule has 2 fully saturated rings. The predicted molar refractivity (Wildman–Crippen MR) is 73.9 cm³/mol. The minimum atomic E-state index is 0.329. The van der Waals surface area contributed by atoms with Crippen molar-refractivity contribution < 1.29 is 4.74 Å². The first kappa shape index (κ1) is 12.6. The Hall–Kier alpha value is -1.40.